The van der Waals surface area contributed by atoms with Crippen LogP contribution in [0, 0.1) is 12.8 Å². The van der Waals surface area contributed by atoms with E-state index in [2.05, 4.69) is 0 Å². The van der Waals surface area contributed by atoms with Crippen molar-refractivity contribution in [3.63, 3.8) is 0 Å². The van der Waals surface area contributed by atoms with Gasteiger partial charge in [0.05, 0.1) is 17.1 Å². The molecule has 0 spiro atoms. The third-order valence-corrected chi connectivity index (χ3v) is 4.61. The third kappa shape index (κ3) is 3.94. The lowest BCUT2D eigenvalue weighted by molar-refractivity contribution is 0.0494. The number of halogens is 1. The Morgan fingerprint density at radius 1 is 1.42 bits per heavy atom. The third-order valence-electron chi connectivity index (χ3n) is 3.14. The first-order valence-corrected chi connectivity index (χ1v) is 8.41. The molecule has 1 aromatic rings. The molecule has 1 saturated carbocycles. The molecule has 0 bridgehead atoms. The van der Waals surface area contributed by atoms with Crippen LogP contribution in [0.1, 0.15) is 35.2 Å². The highest BCUT2D eigenvalue weighted by Gasteiger charge is 2.22. The van der Waals surface area contributed by atoms with Crippen LogP contribution in [0.5, 0.6) is 0 Å². The minimum Gasteiger partial charge on any atom is -0.462 e. The molecule has 104 valence electrons. The number of carbonyl (C=O) groups is 1. The van der Waals surface area contributed by atoms with Gasteiger partial charge in [-0.05, 0) is 37.0 Å². The van der Waals surface area contributed by atoms with Gasteiger partial charge in [0.2, 0.25) is 0 Å². The van der Waals surface area contributed by atoms with Gasteiger partial charge in [-0.3, -0.25) is 0 Å². The van der Waals surface area contributed by atoms with Gasteiger partial charge in [-0.15, -0.1) is 0 Å². The molecule has 0 aliphatic heterocycles. The monoisotopic (exact) mass is 302 g/mol. The number of carbonyl (C=O) groups excluding carboxylic acids is 1. The molecule has 0 radical (unpaired) electrons. The largest absolute Gasteiger partial charge is 0.462 e. The summed E-state index contributed by atoms with van der Waals surface area (Å²) in [5, 5.41) is 0. The van der Waals surface area contributed by atoms with Gasteiger partial charge in [0.1, 0.15) is 0 Å². The van der Waals surface area contributed by atoms with Crippen LogP contribution in [0.4, 0.5) is 0 Å². The molecule has 6 heteroatoms. The topological polar surface area (TPSA) is 60.4 Å². The summed E-state index contributed by atoms with van der Waals surface area (Å²) in [7, 11) is 1.47. The molecular formula is C13H15ClO4S. The Morgan fingerprint density at radius 3 is 2.68 bits per heavy atom. The summed E-state index contributed by atoms with van der Waals surface area (Å²) in [6.45, 7) is 2.00. The molecule has 0 unspecified atom stereocenters. The lowest BCUT2D eigenvalue weighted by Gasteiger charge is -2.07. The van der Waals surface area contributed by atoms with Crippen molar-refractivity contribution in [1.29, 1.82) is 0 Å². The van der Waals surface area contributed by atoms with Crippen LogP contribution in [0.15, 0.2) is 23.1 Å². The number of esters is 1. The molecule has 1 aliphatic carbocycles. The van der Waals surface area contributed by atoms with E-state index in [4.69, 9.17) is 15.4 Å². The SMILES string of the molecule is Cc1ccc(C(=O)OCCC2CC2)cc1S(=O)(=O)Cl. The van der Waals surface area contributed by atoms with E-state index >= 15 is 0 Å². The summed E-state index contributed by atoms with van der Waals surface area (Å²) in [6.07, 6.45) is 3.28. The van der Waals surface area contributed by atoms with Gasteiger partial charge in [0.25, 0.3) is 9.05 Å². The summed E-state index contributed by atoms with van der Waals surface area (Å²) in [6, 6.07) is 4.35. The van der Waals surface area contributed by atoms with E-state index in [0.717, 1.165) is 6.42 Å². The average molecular weight is 303 g/mol. The van der Waals surface area contributed by atoms with Crippen LogP contribution in [-0.4, -0.2) is 21.0 Å². The quantitative estimate of drug-likeness (QED) is 0.620. The predicted octanol–water partition coefficient (Wildman–Crippen LogP) is 2.88. The number of rotatable bonds is 5. The second-order valence-corrected chi connectivity index (χ2v) is 7.32. The Kier molecular flexibility index (Phi) is 4.16. The molecule has 1 fully saturated rings. The molecule has 1 aromatic carbocycles. The average Bonchev–Trinajstić information content (AvgIpc) is 3.12. The van der Waals surface area contributed by atoms with Gasteiger partial charge in [-0.25, -0.2) is 13.2 Å². The molecule has 0 heterocycles. The lowest BCUT2D eigenvalue weighted by Crippen LogP contribution is -2.08. The Morgan fingerprint density at radius 2 is 2.11 bits per heavy atom. The Balaban J connectivity index is 2.08. The number of ether oxygens (including phenoxy) is 1. The summed E-state index contributed by atoms with van der Waals surface area (Å²) in [4.78, 5) is 11.7. The zero-order valence-electron chi connectivity index (χ0n) is 10.6. The first-order chi connectivity index (χ1) is 8.88. The van der Waals surface area contributed by atoms with E-state index in [1.807, 2.05) is 0 Å². The highest BCUT2D eigenvalue weighted by molar-refractivity contribution is 8.13. The highest BCUT2D eigenvalue weighted by atomic mass is 35.7. The molecule has 2 rings (SSSR count). The van der Waals surface area contributed by atoms with Crippen molar-refractivity contribution in [2.45, 2.75) is 31.1 Å². The fourth-order valence-electron chi connectivity index (χ4n) is 1.80. The van der Waals surface area contributed by atoms with E-state index in [9.17, 15) is 13.2 Å². The van der Waals surface area contributed by atoms with Crippen molar-refractivity contribution >= 4 is 25.7 Å². The van der Waals surface area contributed by atoms with E-state index in [0.29, 0.717) is 18.1 Å². The molecule has 0 aromatic heterocycles. The minimum absolute atomic E-state index is 0.0502. The summed E-state index contributed by atoms with van der Waals surface area (Å²) in [5.74, 6) is 0.173. The lowest BCUT2D eigenvalue weighted by atomic mass is 10.1. The first kappa shape index (κ1) is 14.3. The maximum absolute atomic E-state index is 11.8. The van der Waals surface area contributed by atoms with Crippen LogP contribution in [0.25, 0.3) is 0 Å². The number of hydrogen-bond acceptors (Lipinski definition) is 4. The van der Waals surface area contributed by atoms with Gasteiger partial charge in [0.15, 0.2) is 0 Å². The van der Waals surface area contributed by atoms with Crippen molar-refractivity contribution in [3.05, 3.63) is 29.3 Å². The summed E-state index contributed by atoms with van der Waals surface area (Å²) in [5.41, 5.74) is 0.713. The molecule has 4 nitrogen and oxygen atoms in total. The Labute approximate surface area is 117 Å². The van der Waals surface area contributed by atoms with Gasteiger partial charge >= 0.3 is 5.97 Å². The number of benzene rings is 1. The standard InChI is InChI=1S/C13H15ClO4S/c1-9-2-5-11(8-12(9)19(14,16)17)13(15)18-7-6-10-3-4-10/h2,5,8,10H,3-4,6-7H2,1H3. The van der Waals surface area contributed by atoms with E-state index in [1.165, 1.54) is 18.9 Å². The van der Waals surface area contributed by atoms with Crippen molar-refractivity contribution in [3.8, 4) is 0 Å². The molecule has 0 N–H and O–H groups in total. The van der Waals surface area contributed by atoms with Crippen LogP contribution in [-0.2, 0) is 13.8 Å². The smallest absolute Gasteiger partial charge is 0.338 e. The summed E-state index contributed by atoms with van der Waals surface area (Å²) < 4.78 is 27.8. The maximum atomic E-state index is 11.8. The molecular weight excluding hydrogens is 288 g/mol. The molecule has 0 atom stereocenters. The van der Waals surface area contributed by atoms with Gasteiger partial charge in [0, 0.05) is 10.7 Å². The minimum atomic E-state index is -3.85. The highest BCUT2D eigenvalue weighted by Crippen LogP contribution is 2.32. The molecule has 19 heavy (non-hydrogen) atoms. The fourth-order valence-corrected chi connectivity index (χ4v) is 3.02. The first-order valence-electron chi connectivity index (χ1n) is 6.10. The predicted molar refractivity (Wildman–Crippen MR) is 71.8 cm³/mol. The maximum Gasteiger partial charge on any atom is 0.338 e. The number of hydrogen-bond donors (Lipinski definition) is 0. The van der Waals surface area contributed by atoms with Gasteiger partial charge < -0.3 is 4.74 Å². The zero-order valence-corrected chi connectivity index (χ0v) is 12.1. The molecule has 0 amide bonds. The van der Waals surface area contributed by atoms with Crippen molar-refractivity contribution < 1.29 is 17.9 Å². The van der Waals surface area contributed by atoms with E-state index < -0.39 is 15.0 Å². The second-order valence-electron chi connectivity index (χ2n) is 4.79. The Hall–Kier alpha value is -1.07. The van der Waals surface area contributed by atoms with E-state index in [1.54, 1.807) is 19.1 Å². The Bertz CT molecular complexity index is 591. The van der Waals surface area contributed by atoms with Crippen LogP contribution in [0.2, 0.25) is 0 Å². The molecule has 1 aliphatic rings. The number of aryl methyl sites for hydroxylation is 1. The summed E-state index contributed by atoms with van der Waals surface area (Å²) >= 11 is 0. The van der Waals surface area contributed by atoms with Crippen LogP contribution < -0.4 is 0 Å². The zero-order chi connectivity index (χ0) is 14.0. The van der Waals surface area contributed by atoms with Crippen molar-refractivity contribution in [1.82, 2.24) is 0 Å². The molecule has 0 saturated heterocycles. The van der Waals surface area contributed by atoms with Gasteiger partial charge in [-0.2, -0.15) is 0 Å². The normalized spacial score (nSPS) is 15.3. The van der Waals surface area contributed by atoms with Crippen LogP contribution >= 0.6 is 10.7 Å². The van der Waals surface area contributed by atoms with Crippen molar-refractivity contribution in [2.24, 2.45) is 5.92 Å². The van der Waals surface area contributed by atoms with Crippen LogP contribution in [0.3, 0.4) is 0 Å². The van der Waals surface area contributed by atoms with E-state index in [-0.39, 0.29) is 10.5 Å². The van der Waals surface area contributed by atoms with Crippen molar-refractivity contribution in [2.75, 3.05) is 6.61 Å². The fraction of sp³-hybridized carbons (Fsp3) is 0.462. The van der Waals surface area contributed by atoms with Gasteiger partial charge in [-0.1, -0.05) is 18.9 Å². The second kappa shape index (κ2) is 5.51.